The van der Waals surface area contributed by atoms with Crippen molar-refractivity contribution in [3.05, 3.63) is 0 Å². The van der Waals surface area contributed by atoms with Crippen LogP contribution in [-0.4, -0.2) is 146 Å². The molecule has 0 aromatic rings. The first-order valence-corrected chi connectivity index (χ1v) is 20.4. The van der Waals surface area contributed by atoms with Gasteiger partial charge in [-0.25, -0.2) is 0 Å². The molecule has 8 N–H and O–H groups in total. The van der Waals surface area contributed by atoms with Gasteiger partial charge in [-0.1, -0.05) is 27.7 Å². The molecule has 4 heterocycles. The van der Waals surface area contributed by atoms with Crippen molar-refractivity contribution in [3.8, 4) is 0 Å². The van der Waals surface area contributed by atoms with Crippen molar-refractivity contribution < 1.29 is 69.3 Å². The average molecular weight is 757 g/mol. The normalized spacial score (nSPS) is 59.5. The summed E-state index contributed by atoms with van der Waals surface area (Å²) < 4.78 is 37.2. The van der Waals surface area contributed by atoms with E-state index in [2.05, 4.69) is 27.7 Å². The summed E-state index contributed by atoms with van der Waals surface area (Å²) in [7, 11) is 0. The van der Waals surface area contributed by atoms with Gasteiger partial charge < -0.3 is 69.3 Å². The van der Waals surface area contributed by atoms with Crippen LogP contribution in [0.4, 0.5) is 0 Å². The highest BCUT2D eigenvalue weighted by molar-refractivity contribution is 5.16. The maximum atomic E-state index is 11.8. The molecule has 23 atom stereocenters. The van der Waals surface area contributed by atoms with E-state index >= 15 is 0 Å². The lowest BCUT2D eigenvalue weighted by Gasteiger charge is -2.62. The van der Waals surface area contributed by atoms with Gasteiger partial charge in [0.25, 0.3) is 0 Å². The van der Waals surface area contributed by atoms with Crippen LogP contribution < -0.4 is 0 Å². The molecular formula is C39H64O14. The number of ether oxygens (including phenoxy) is 6. The Bertz CT molecular complexity index is 1300. The van der Waals surface area contributed by atoms with Crippen molar-refractivity contribution in [3.63, 3.8) is 0 Å². The minimum Gasteiger partial charge on any atom is -0.394 e. The molecule has 8 aliphatic rings. The lowest BCUT2D eigenvalue weighted by molar-refractivity contribution is -0.376. The zero-order chi connectivity index (χ0) is 37.8. The molecule has 53 heavy (non-hydrogen) atoms. The van der Waals surface area contributed by atoms with Crippen LogP contribution in [0, 0.1) is 52.3 Å². The number of hydrogen-bond donors (Lipinski definition) is 8. The molecule has 0 amide bonds. The van der Waals surface area contributed by atoms with Gasteiger partial charge in [0.2, 0.25) is 0 Å². The molecule has 0 aromatic heterocycles. The van der Waals surface area contributed by atoms with Crippen molar-refractivity contribution in [1.29, 1.82) is 0 Å². The van der Waals surface area contributed by atoms with Gasteiger partial charge in [-0.15, -0.1) is 0 Å². The van der Waals surface area contributed by atoms with E-state index in [4.69, 9.17) is 28.4 Å². The molecule has 4 aliphatic heterocycles. The molecule has 14 nitrogen and oxygen atoms in total. The topological polar surface area (TPSA) is 217 Å². The van der Waals surface area contributed by atoms with Crippen molar-refractivity contribution >= 4 is 0 Å². The SMILES string of the molecule is C[C@H]1CC[C@]2(OC1)O[C@H]1C[C@H]3[C@@H]4CC[C@@H]5C[C@@H](O[C@@H]6O[C@H](CO)[C@H](O)[C@H](O)[C@H]6O[C@@H]6O[C@H](CO)[C@@H](O)[C@H](O)[C@H]6O)[C@@H](O)C[C@]5(C)[C@H]4CC[C@]3(C)C1[C@@H]2C. The van der Waals surface area contributed by atoms with E-state index in [1.807, 2.05) is 0 Å². The average Bonchev–Trinajstić information content (AvgIpc) is 3.58. The monoisotopic (exact) mass is 756 g/mol. The number of hydrogen-bond acceptors (Lipinski definition) is 14. The van der Waals surface area contributed by atoms with Crippen LogP contribution in [0.1, 0.15) is 85.5 Å². The van der Waals surface area contributed by atoms with E-state index in [0.29, 0.717) is 48.3 Å². The second-order valence-electron chi connectivity index (χ2n) is 18.9. The van der Waals surface area contributed by atoms with Crippen molar-refractivity contribution in [1.82, 2.24) is 0 Å². The van der Waals surface area contributed by atoms with Gasteiger partial charge >= 0.3 is 0 Å². The molecule has 304 valence electrons. The molecule has 0 radical (unpaired) electrons. The third-order valence-electron chi connectivity index (χ3n) is 16.2. The molecule has 0 bridgehead atoms. The van der Waals surface area contributed by atoms with Crippen LogP contribution >= 0.6 is 0 Å². The summed E-state index contributed by atoms with van der Waals surface area (Å²) in [6.07, 6.45) is -8.11. The highest BCUT2D eigenvalue weighted by Gasteiger charge is 2.69. The fraction of sp³-hybridized carbons (Fsp3) is 1.00. The molecule has 8 rings (SSSR count). The van der Waals surface area contributed by atoms with Crippen LogP contribution in [0.2, 0.25) is 0 Å². The third-order valence-corrected chi connectivity index (χ3v) is 16.2. The minimum absolute atomic E-state index is 0.111. The van der Waals surface area contributed by atoms with E-state index in [-0.39, 0.29) is 22.9 Å². The number of aliphatic hydroxyl groups excluding tert-OH is 8. The maximum Gasteiger partial charge on any atom is 0.187 e. The minimum atomic E-state index is -1.76. The first kappa shape index (κ1) is 39.3. The summed E-state index contributed by atoms with van der Waals surface area (Å²) >= 11 is 0. The van der Waals surface area contributed by atoms with Crippen molar-refractivity contribution in [2.45, 2.75) is 171 Å². The Kier molecular flexibility index (Phi) is 10.6. The van der Waals surface area contributed by atoms with Gasteiger partial charge in [-0.3, -0.25) is 0 Å². The fourth-order valence-corrected chi connectivity index (χ4v) is 13.2. The van der Waals surface area contributed by atoms with E-state index in [0.717, 1.165) is 51.6 Å². The Morgan fingerprint density at radius 2 is 1.40 bits per heavy atom. The van der Waals surface area contributed by atoms with Gasteiger partial charge in [0.15, 0.2) is 18.4 Å². The predicted octanol–water partition coefficient (Wildman–Crippen LogP) is 0.413. The molecule has 1 unspecified atom stereocenters. The summed E-state index contributed by atoms with van der Waals surface area (Å²) in [5.41, 5.74) is 0.0762. The lowest BCUT2D eigenvalue weighted by Crippen LogP contribution is -2.65. The van der Waals surface area contributed by atoms with E-state index in [1.54, 1.807) is 0 Å². The quantitative estimate of drug-likeness (QED) is 0.173. The predicted molar refractivity (Wildman–Crippen MR) is 184 cm³/mol. The standard InChI is InChI=1S/C39H64O14/c1-17-7-10-39(48-16-17)18(2)28-25(53-39)12-22-20-6-5-19-11-24(23(42)13-38(19,4)21(20)8-9-37(22,28)3)49-36-34(32(46)30(44)27(15-41)51-36)52-35-33(47)31(45)29(43)26(14-40)50-35/h17-36,40-47H,5-16H2,1-4H3/t17-,18-,19+,20+,21-,22-,23-,24+,25-,26+,27+,28?,29+,30-,31-,32-,33+,34+,35-,36+,37-,38-,39-/m0/s1. The first-order valence-electron chi connectivity index (χ1n) is 20.4. The summed E-state index contributed by atoms with van der Waals surface area (Å²) in [5.74, 6) is 2.78. The lowest BCUT2D eigenvalue weighted by atomic mass is 9.44. The molecule has 4 saturated carbocycles. The largest absolute Gasteiger partial charge is 0.394 e. The summed E-state index contributed by atoms with van der Waals surface area (Å²) in [4.78, 5) is 0. The number of aliphatic hydroxyl groups is 8. The fourth-order valence-electron chi connectivity index (χ4n) is 13.2. The van der Waals surface area contributed by atoms with Crippen molar-refractivity contribution in [2.75, 3.05) is 19.8 Å². The van der Waals surface area contributed by atoms with E-state index in [1.165, 1.54) is 0 Å². The third kappa shape index (κ3) is 6.20. The smallest absolute Gasteiger partial charge is 0.187 e. The van der Waals surface area contributed by atoms with Gasteiger partial charge in [0.05, 0.1) is 38.1 Å². The van der Waals surface area contributed by atoms with Crippen LogP contribution in [0.15, 0.2) is 0 Å². The molecule has 14 heteroatoms. The highest BCUT2D eigenvalue weighted by Crippen LogP contribution is 2.71. The van der Waals surface area contributed by atoms with Crippen LogP contribution in [0.5, 0.6) is 0 Å². The molecular weight excluding hydrogens is 692 g/mol. The Labute approximate surface area is 312 Å². The van der Waals surface area contributed by atoms with E-state index in [9.17, 15) is 40.9 Å². The number of fused-ring (bicyclic) bond motifs is 7. The van der Waals surface area contributed by atoms with Crippen LogP contribution in [0.3, 0.4) is 0 Å². The molecule has 8 fully saturated rings. The van der Waals surface area contributed by atoms with E-state index < -0.39 is 92.6 Å². The van der Waals surface area contributed by atoms with Crippen LogP contribution in [-0.2, 0) is 28.4 Å². The zero-order valence-electron chi connectivity index (χ0n) is 31.6. The summed E-state index contributed by atoms with van der Waals surface area (Å²) in [6.45, 7) is 8.96. The second kappa shape index (κ2) is 14.4. The Morgan fingerprint density at radius 3 is 2.08 bits per heavy atom. The highest BCUT2D eigenvalue weighted by atomic mass is 16.8. The summed E-state index contributed by atoms with van der Waals surface area (Å²) in [6, 6.07) is 0. The molecule has 1 spiro atoms. The Hall–Kier alpha value is -0.560. The molecule has 4 aliphatic carbocycles. The first-order chi connectivity index (χ1) is 25.2. The maximum absolute atomic E-state index is 11.8. The number of rotatable bonds is 6. The summed E-state index contributed by atoms with van der Waals surface area (Å²) in [5, 5.41) is 84.5. The second-order valence-corrected chi connectivity index (χ2v) is 18.9. The van der Waals surface area contributed by atoms with Crippen molar-refractivity contribution in [2.24, 2.45) is 52.3 Å². The van der Waals surface area contributed by atoms with Gasteiger partial charge in [-0.2, -0.15) is 0 Å². The van der Waals surface area contributed by atoms with Gasteiger partial charge in [0, 0.05) is 12.3 Å². The van der Waals surface area contributed by atoms with Gasteiger partial charge in [0.1, 0.15) is 48.8 Å². The molecule has 0 aromatic carbocycles. The Balaban J connectivity index is 0.962. The Morgan fingerprint density at radius 1 is 0.698 bits per heavy atom. The van der Waals surface area contributed by atoms with Gasteiger partial charge in [-0.05, 0) is 97.7 Å². The zero-order valence-corrected chi connectivity index (χ0v) is 31.6. The van der Waals surface area contributed by atoms with Crippen LogP contribution in [0.25, 0.3) is 0 Å². The molecule has 4 saturated heterocycles.